The Morgan fingerprint density at radius 1 is 1.28 bits per heavy atom. The molecule has 0 aliphatic rings. The molecule has 7 nitrogen and oxygen atoms in total. The number of aromatic nitrogens is 1. The summed E-state index contributed by atoms with van der Waals surface area (Å²) in [7, 11) is -2.07. The van der Waals surface area contributed by atoms with Crippen LogP contribution in [0.25, 0.3) is 10.2 Å². The minimum atomic E-state index is -3.75. The van der Waals surface area contributed by atoms with Crippen molar-refractivity contribution in [1.82, 2.24) is 4.57 Å². The highest BCUT2D eigenvalue weighted by Crippen LogP contribution is 2.27. The molecule has 0 aliphatic heterocycles. The van der Waals surface area contributed by atoms with Gasteiger partial charge in [0.25, 0.3) is 0 Å². The van der Waals surface area contributed by atoms with Gasteiger partial charge in [-0.3, -0.25) is 13.9 Å². The van der Waals surface area contributed by atoms with Gasteiger partial charge in [0.15, 0.2) is 0 Å². The Kier molecular flexibility index (Phi) is 6.02. The Morgan fingerprint density at radius 3 is 2.62 bits per heavy atom. The number of thiazole rings is 1. The molecule has 1 amide bonds. The highest BCUT2D eigenvalue weighted by molar-refractivity contribution is 7.92. The average molecular weight is 454 g/mol. The fraction of sp³-hybridized carbons (Fsp3) is 0.263. The molecule has 0 radical (unpaired) electrons. The third-order valence-electron chi connectivity index (χ3n) is 4.45. The molecule has 29 heavy (non-hydrogen) atoms. The van der Waals surface area contributed by atoms with E-state index in [2.05, 4.69) is 5.32 Å². The monoisotopic (exact) mass is 453 g/mol. The van der Waals surface area contributed by atoms with Gasteiger partial charge in [0, 0.05) is 17.8 Å². The second-order valence-corrected chi connectivity index (χ2v) is 9.85. The van der Waals surface area contributed by atoms with Crippen molar-refractivity contribution in [2.75, 3.05) is 15.9 Å². The summed E-state index contributed by atoms with van der Waals surface area (Å²) in [6, 6.07) is 10.5. The predicted octanol–water partition coefficient (Wildman–Crippen LogP) is 3.44. The van der Waals surface area contributed by atoms with E-state index < -0.39 is 22.0 Å². The number of hydrogen-bond acceptors (Lipinski definition) is 5. The molecule has 0 aliphatic carbocycles. The highest BCUT2D eigenvalue weighted by Gasteiger charge is 2.31. The van der Waals surface area contributed by atoms with Gasteiger partial charge in [0.1, 0.15) is 6.04 Å². The fourth-order valence-electron chi connectivity index (χ4n) is 3.11. The molecule has 0 bridgehead atoms. The molecular weight excluding hydrogens is 434 g/mol. The van der Waals surface area contributed by atoms with E-state index in [0.29, 0.717) is 16.4 Å². The third kappa shape index (κ3) is 4.47. The van der Waals surface area contributed by atoms with Crippen LogP contribution in [0.1, 0.15) is 13.3 Å². The summed E-state index contributed by atoms with van der Waals surface area (Å²) < 4.78 is 28.3. The first-order chi connectivity index (χ1) is 13.6. The molecule has 1 atom stereocenters. The van der Waals surface area contributed by atoms with E-state index in [1.54, 1.807) is 50.4 Å². The summed E-state index contributed by atoms with van der Waals surface area (Å²) in [5.41, 5.74) is 1.57. The van der Waals surface area contributed by atoms with Gasteiger partial charge in [-0.1, -0.05) is 35.9 Å². The largest absolute Gasteiger partial charge is 0.324 e. The van der Waals surface area contributed by atoms with Crippen LogP contribution in [0.15, 0.2) is 47.3 Å². The summed E-state index contributed by atoms with van der Waals surface area (Å²) in [6.45, 7) is 1.74. The maximum atomic E-state index is 13.0. The Morgan fingerprint density at radius 2 is 2.00 bits per heavy atom. The van der Waals surface area contributed by atoms with Crippen LogP contribution in [0.3, 0.4) is 0 Å². The Balaban J connectivity index is 1.95. The second kappa shape index (κ2) is 8.17. The number of amides is 1. The lowest BCUT2D eigenvalue weighted by Gasteiger charge is -2.30. The van der Waals surface area contributed by atoms with Gasteiger partial charge in [-0.05, 0) is 42.8 Å². The summed E-state index contributed by atoms with van der Waals surface area (Å²) in [4.78, 5) is 24.7. The normalized spacial score (nSPS) is 12.7. The van der Waals surface area contributed by atoms with Crippen molar-refractivity contribution in [3.8, 4) is 0 Å². The van der Waals surface area contributed by atoms with Crippen LogP contribution in [0.5, 0.6) is 0 Å². The van der Waals surface area contributed by atoms with E-state index in [0.717, 1.165) is 32.1 Å². The lowest BCUT2D eigenvalue weighted by Crippen LogP contribution is -2.47. The van der Waals surface area contributed by atoms with Crippen molar-refractivity contribution in [1.29, 1.82) is 0 Å². The molecule has 0 saturated heterocycles. The number of aryl methyl sites for hydroxylation is 1. The zero-order valence-electron chi connectivity index (χ0n) is 16.0. The van der Waals surface area contributed by atoms with Crippen molar-refractivity contribution < 1.29 is 13.2 Å². The predicted molar refractivity (Wildman–Crippen MR) is 119 cm³/mol. The number of benzene rings is 2. The maximum Gasteiger partial charge on any atom is 0.307 e. The molecule has 154 valence electrons. The van der Waals surface area contributed by atoms with E-state index in [-0.39, 0.29) is 11.3 Å². The Bertz CT molecular complexity index is 1230. The third-order valence-corrected chi connectivity index (χ3v) is 6.86. The number of halogens is 1. The van der Waals surface area contributed by atoms with Gasteiger partial charge in [0.2, 0.25) is 15.9 Å². The van der Waals surface area contributed by atoms with Crippen LogP contribution in [-0.2, 0) is 21.9 Å². The summed E-state index contributed by atoms with van der Waals surface area (Å²) >= 11 is 7.10. The summed E-state index contributed by atoms with van der Waals surface area (Å²) in [6.07, 6.45) is 1.31. The lowest BCUT2D eigenvalue weighted by molar-refractivity contribution is -0.117. The van der Waals surface area contributed by atoms with Gasteiger partial charge < -0.3 is 9.88 Å². The van der Waals surface area contributed by atoms with Crippen LogP contribution in [0.2, 0.25) is 5.02 Å². The topological polar surface area (TPSA) is 88.5 Å². The number of sulfonamides is 1. The molecular formula is C19H20ClN3O4S2. The SMILES string of the molecule is CCC(C(=O)Nc1ccc2c(c1)sc(=O)n2C)N(c1cccc(Cl)c1)S(C)(=O)=O. The van der Waals surface area contributed by atoms with Crippen molar-refractivity contribution in [2.45, 2.75) is 19.4 Å². The number of carbonyl (C=O) groups is 1. The molecule has 10 heteroatoms. The van der Waals surface area contributed by atoms with Crippen LogP contribution in [-0.4, -0.2) is 31.2 Å². The Hall–Kier alpha value is -2.36. The van der Waals surface area contributed by atoms with E-state index in [1.165, 1.54) is 10.6 Å². The van der Waals surface area contributed by atoms with Gasteiger partial charge in [-0.25, -0.2) is 8.42 Å². The number of anilines is 2. The van der Waals surface area contributed by atoms with E-state index >= 15 is 0 Å². The first kappa shape index (κ1) is 21.4. The standard InChI is InChI=1S/C19H20ClN3O4S2/c1-4-15(23(29(3,26)27)14-7-5-6-12(20)10-14)18(24)21-13-8-9-16-17(11-13)28-19(25)22(16)2/h5-11,15H,4H2,1-3H3,(H,21,24). The van der Waals surface area contributed by atoms with Crippen molar-refractivity contribution >= 4 is 60.5 Å². The molecule has 0 fully saturated rings. The average Bonchev–Trinajstić information content (AvgIpc) is 2.91. The van der Waals surface area contributed by atoms with Crippen LogP contribution in [0.4, 0.5) is 11.4 Å². The molecule has 0 saturated carbocycles. The molecule has 0 spiro atoms. The molecule has 2 aromatic carbocycles. The first-order valence-corrected chi connectivity index (χ1v) is 11.8. The number of nitrogens with one attached hydrogen (secondary N) is 1. The molecule has 1 heterocycles. The fourth-order valence-corrected chi connectivity index (χ4v) is 5.42. The molecule has 1 N–H and O–H groups in total. The van der Waals surface area contributed by atoms with Crippen LogP contribution in [0, 0.1) is 0 Å². The highest BCUT2D eigenvalue weighted by atomic mass is 35.5. The Labute approximate surface area is 177 Å². The van der Waals surface area contributed by atoms with Gasteiger partial charge in [-0.2, -0.15) is 0 Å². The van der Waals surface area contributed by atoms with Gasteiger partial charge in [-0.15, -0.1) is 0 Å². The second-order valence-electron chi connectivity index (χ2n) is 6.56. The molecule has 1 unspecified atom stereocenters. The molecule has 3 rings (SSSR count). The minimum absolute atomic E-state index is 0.0980. The van der Waals surface area contributed by atoms with E-state index in [4.69, 9.17) is 11.6 Å². The number of fused-ring (bicyclic) bond motifs is 1. The van der Waals surface area contributed by atoms with Crippen molar-refractivity contribution in [3.05, 3.63) is 57.2 Å². The number of hydrogen-bond donors (Lipinski definition) is 1. The van der Waals surface area contributed by atoms with E-state index in [9.17, 15) is 18.0 Å². The van der Waals surface area contributed by atoms with Gasteiger partial charge in [0.05, 0.1) is 22.2 Å². The lowest BCUT2D eigenvalue weighted by atomic mass is 10.1. The van der Waals surface area contributed by atoms with E-state index in [1.807, 2.05) is 0 Å². The molecule has 3 aromatic rings. The first-order valence-electron chi connectivity index (χ1n) is 8.77. The zero-order valence-corrected chi connectivity index (χ0v) is 18.4. The number of rotatable bonds is 6. The summed E-state index contributed by atoms with van der Waals surface area (Å²) in [5.74, 6) is -0.472. The molecule has 1 aromatic heterocycles. The zero-order chi connectivity index (χ0) is 21.3. The van der Waals surface area contributed by atoms with Crippen LogP contribution < -0.4 is 14.5 Å². The van der Waals surface area contributed by atoms with Gasteiger partial charge >= 0.3 is 4.87 Å². The summed E-state index contributed by atoms with van der Waals surface area (Å²) in [5, 5.41) is 3.14. The number of carbonyl (C=O) groups excluding carboxylic acids is 1. The van der Waals surface area contributed by atoms with Crippen molar-refractivity contribution in [3.63, 3.8) is 0 Å². The number of nitrogens with zero attached hydrogens (tertiary/aromatic N) is 2. The quantitative estimate of drug-likeness (QED) is 0.619. The van der Waals surface area contributed by atoms with Crippen molar-refractivity contribution in [2.24, 2.45) is 7.05 Å². The smallest absolute Gasteiger partial charge is 0.307 e. The van der Waals surface area contributed by atoms with Crippen LogP contribution >= 0.6 is 22.9 Å². The maximum absolute atomic E-state index is 13.0. The minimum Gasteiger partial charge on any atom is -0.324 e.